The van der Waals surface area contributed by atoms with Crippen LogP contribution >= 0.6 is 11.8 Å². The van der Waals surface area contributed by atoms with Crippen molar-refractivity contribution >= 4 is 11.8 Å². The van der Waals surface area contributed by atoms with Gasteiger partial charge in [-0.2, -0.15) is 11.8 Å². The van der Waals surface area contributed by atoms with Gasteiger partial charge < -0.3 is 0 Å². The van der Waals surface area contributed by atoms with Gasteiger partial charge >= 0.3 is 0 Å². The standard InChI is InChI=1S/C21H33N3S/c1-3-19(15-17-25-18-16-23-24-22)11-7-5-8-12-20(4-2)21-13-9-6-10-14-21/h5-6,8-10,13-14,19-20H,3-4,7,11-12,15-18H2,1-2H3/b8-5+. The molecule has 0 aliphatic rings. The number of hydrogen-bond acceptors (Lipinski definition) is 2. The molecule has 0 aromatic heterocycles. The molecule has 0 heterocycles. The van der Waals surface area contributed by atoms with Gasteiger partial charge in [0.25, 0.3) is 0 Å². The molecule has 138 valence electrons. The average molecular weight is 360 g/mol. The third-order valence-corrected chi connectivity index (χ3v) is 5.73. The Morgan fingerprint density at radius 3 is 2.56 bits per heavy atom. The highest BCUT2D eigenvalue weighted by Crippen LogP contribution is 2.24. The maximum absolute atomic E-state index is 8.25. The second-order valence-corrected chi connectivity index (χ2v) is 7.65. The third-order valence-electron chi connectivity index (χ3n) is 4.74. The smallest absolute Gasteiger partial charge is 0.0348 e. The average Bonchev–Trinajstić information content (AvgIpc) is 2.66. The predicted octanol–water partition coefficient (Wildman–Crippen LogP) is 7.37. The normalized spacial score (nSPS) is 13.5. The Morgan fingerprint density at radius 2 is 1.88 bits per heavy atom. The van der Waals surface area contributed by atoms with E-state index in [4.69, 9.17) is 5.53 Å². The maximum atomic E-state index is 8.25. The molecule has 3 nitrogen and oxygen atoms in total. The topological polar surface area (TPSA) is 48.8 Å². The summed E-state index contributed by atoms with van der Waals surface area (Å²) in [7, 11) is 0. The molecule has 1 aromatic rings. The summed E-state index contributed by atoms with van der Waals surface area (Å²) >= 11 is 1.90. The zero-order valence-electron chi connectivity index (χ0n) is 15.8. The van der Waals surface area contributed by atoms with E-state index >= 15 is 0 Å². The van der Waals surface area contributed by atoms with Crippen molar-refractivity contribution in [1.29, 1.82) is 0 Å². The van der Waals surface area contributed by atoms with E-state index in [1.54, 1.807) is 0 Å². The molecule has 0 N–H and O–H groups in total. The number of rotatable bonds is 14. The minimum Gasteiger partial charge on any atom is -0.162 e. The van der Waals surface area contributed by atoms with Gasteiger partial charge in [0, 0.05) is 11.5 Å². The molecule has 0 fully saturated rings. The molecule has 0 saturated carbocycles. The Morgan fingerprint density at radius 1 is 1.08 bits per heavy atom. The molecule has 0 bridgehead atoms. The summed E-state index contributed by atoms with van der Waals surface area (Å²) in [5, 5.41) is 3.57. The van der Waals surface area contributed by atoms with E-state index in [0.29, 0.717) is 12.5 Å². The Bertz CT molecular complexity index is 509. The highest BCUT2D eigenvalue weighted by Gasteiger charge is 2.07. The molecule has 2 atom stereocenters. The SMILES string of the molecule is CCC(CC/C=C/CC(CC)c1ccccc1)CCSCCN=[N+]=[N-]. The van der Waals surface area contributed by atoms with Gasteiger partial charge in [-0.3, -0.25) is 0 Å². The molecular formula is C21H33N3S. The zero-order valence-corrected chi connectivity index (χ0v) is 16.6. The Balaban J connectivity index is 2.20. The highest BCUT2D eigenvalue weighted by molar-refractivity contribution is 7.99. The van der Waals surface area contributed by atoms with Crippen LogP contribution in [-0.4, -0.2) is 18.1 Å². The van der Waals surface area contributed by atoms with Crippen molar-refractivity contribution in [3.8, 4) is 0 Å². The summed E-state index contributed by atoms with van der Waals surface area (Å²) in [5.41, 5.74) is 9.70. The fourth-order valence-corrected chi connectivity index (χ4v) is 3.94. The van der Waals surface area contributed by atoms with Gasteiger partial charge in [0.1, 0.15) is 0 Å². The van der Waals surface area contributed by atoms with Crippen molar-refractivity contribution in [2.45, 2.75) is 58.3 Å². The molecular weight excluding hydrogens is 326 g/mol. The van der Waals surface area contributed by atoms with Crippen molar-refractivity contribution in [3.05, 3.63) is 58.5 Å². The van der Waals surface area contributed by atoms with Crippen LogP contribution in [0.15, 0.2) is 47.6 Å². The van der Waals surface area contributed by atoms with Crippen LogP contribution in [0.2, 0.25) is 0 Å². The highest BCUT2D eigenvalue weighted by atomic mass is 32.2. The van der Waals surface area contributed by atoms with Crippen LogP contribution in [-0.2, 0) is 0 Å². The first-order chi connectivity index (χ1) is 12.3. The van der Waals surface area contributed by atoms with Crippen molar-refractivity contribution in [2.75, 3.05) is 18.1 Å². The van der Waals surface area contributed by atoms with E-state index in [1.807, 2.05) is 11.8 Å². The maximum Gasteiger partial charge on any atom is 0.0348 e. The minimum absolute atomic E-state index is 0.612. The number of azide groups is 1. The quantitative estimate of drug-likeness (QED) is 0.112. The molecule has 0 amide bonds. The molecule has 25 heavy (non-hydrogen) atoms. The Hall–Kier alpha value is -1.38. The lowest BCUT2D eigenvalue weighted by atomic mass is 9.92. The van der Waals surface area contributed by atoms with Gasteiger partial charge in [0.2, 0.25) is 0 Å². The molecule has 1 rings (SSSR count). The van der Waals surface area contributed by atoms with Crippen LogP contribution < -0.4 is 0 Å². The third kappa shape index (κ3) is 10.3. The lowest BCUT2D eigenvalue weighted by Crippen LogP contribution is -2.01. The molecule has 0 spiro atoms. The summed E-state index contributed by atoms with van der Waals surface area (Å²) in [6, 6.07) is 10.9. The minimum atomic E-state index is 0.612. The van der Waals surface area contributed by atoms with E-state index in [2.05, 4.69) is 66.4 Å². The van der Waals surface area contributed by atoms with E-state index in [-0.39, 0.29) is 0 Å². The summed E-state index contributed by atoms with van der Waals surface area (Å²) in [4.78, 5) is 2.78. The monoisotopic (exact) mass is 359 g/mol. The largest absolute Gasteiger partial charge is 0.162 e. The van der Waals surface area contributed by atoms with Crippen LogP contribution in [0.4, 0.5) is 0 Å². The Kier molecular flexibility index (Phi) is 12.9. The number of benzene rings is 1. The van der Waals surface area contributed by atoms with Gasteiger partial charge in [-0.05, 0) is 66.5 Å². The molecule has 4 heteroatoms. The van der Waals surface area contributed by atoms with Crippen molar-refractivity contribution in [3.63, 3.8) is 0 Å². The fourth-order valence-electron chi connectivity index (χ4n) is 3.03. The van der Waals surface area contributed by atoms with Gasteiger partial charge in [0.05, 0.1) is 0 Å². The van der Waals surface area contributed by atoms with Crippen molar-refractivity contribution < 1.29 is 0 Å². The molecule has 2 unspecified atom stereocenters. The van der Waals surface area contributed by atoms with E-state index in [0.717, 1.165) is 18.1 Å². The van der Waals surface area contributed by atoms with Crippen molar-refractivity contribution in [2.24, 2.45) is 11.0 Å². The fraction of sp³-hybridized carbons (Fsp3) is 0.619. The first-order valence-electron chi connectivity index (χ1n) is 9.60. The molecule has 0 aliphatic carbocycles. The van der Waals surface area contributed by atoms with Gasteiger partial charge in [-0.15, -0.1) is 0 Å². The summed E-state index contributed by atoms with van der Waals surface area (Å²) in [5.74, 6) is 3.58. The van der Waals surface area contributed by atoms with E-state index in [9.17, 15) is 0 Å². The molecule has 1 aromatic carbocycles. The molecule has 0 saturated heterocycles. The van der Waals surface area contributed by atoms with Crippen LogP contribution in [0, 0.1) is 5.92 Å². The van der Waals surface area contributed by atoms with E-state index < -0.39 is 0 Å². The molecule has 0 aliphatic heterocycles. The summed E-state index contributed by atoms with van der Waals surface area (Å²) in [6.45, 7) is 5.18. The second kappa shape index (κ2) is 14.9. The summed E-state index contributed by atoms with van der Waals surface area (Å²) < 4.78 is 0. The lowest BCUT2D eigenvalue weighted by Gasteiger charge is -2.14. The number of hydrogen-bond donors (Lipinski definition) is 0. The van der Waals surface area contributed by atoms with Gasteiger partial charge in [-0.25, -0.2) is 0 Å². The number of thioether (sulfide) groups is 1. The Labute approximate surface area is 157 Å². The first-order valence-corrected chi connectivity index (χ1v) is 10.8. The number of allylic oxidation sites excluding steroid dienone is 2. The lowest BCUT2D eigenvalue weighted by molar-refractivity contribution is 0.463. The molecule has 0 radical (unpaired) electrons. The predicted molar refractivity (Wildman–Crippen MR) is 112 cm³/mol. The van der Waals surface area contributed by atoms with Crippen molar-refractivity contribution in [1.82, 2.24) is 0 Å². The second-order valence-electron chi connectivity index (χ2n) is 6.43. The van der Waals surface area contributed by atoms with Gasteiger partial charge in [-0.1, -0.05) is 67.9 Å². The first kappa shape index (κ1) is 21.7. The van der Waals surface area contributed by atoms with Crippen LogP contribution in [0.1, 0.15) is 63.9 Å². The van der Waals surface area contributed by atoms with Crippen LogP contribution in [0.3, 0.4) is 0 Å². The zero-order chi connectivity index (χ0) is 18.2. The summed E-state index contributed by atoms with van der Waals surface area (Å²) in [6.07, 6.45) is 12.1. The van der Waals surface area contributed by atoms with E-state index in [1.165, 1.54) is 43.4 Å². The van der Waals surface area contributed by atoms with Gasteiger partial charge in [0.15, 0.2) is 0 Å². The number of nitrogens with zero attached hydrogens (tertiary/aromatic N) is 3. The van der Waals surface area contributed by atoms with Crippen LogP contribution in [0.5, 0.6) is 0 Å². The van der Waals surface area contributed by atoms with Crippen LogP contribution in [0.25, 0.3) is 10.4 Å².